The summed E-state index contributed by atoms with van der Waals surface area (Å²) in [4.78, 5) is 0. The molecule has 1 nitrogen and oxygen atoms in total. The zero-order valence-electron chi connectivity index (χ0n) is 12.2. The van der Waals surface area contributed by atoms with Crippen molar-refractivity contribution in [2.24, 2.45) is 0 Å². The predicted molar refractivity (Wildman–Crippen MR) is 77.9 cm³/mol. The summed E-state index contributed by atoms with van der Waals surface area (Å²) in [5, 5.41) is 3.03. The van der Waals surface area contributed by atoms with Crippen molar-refractivity contribution in [2.75, 3.05) is 7.05 Å². The summed E-state index contributed by atoms with van der Waals surface area (Å²) in [5.74, 6) is -1.00. The van der Waals surface area contributed by atoms with Crippen molar-refractivity contribution in [2.45, 2.75) is 26.8 Å². The number of hydrogen-bond acceptors (Lipinski definition) is 1. The van der Waals surface area contributed by atoms with Crippen molar-refractivity contribution in [3.05, 3.63) is 69.8 Å². The van der Waals surface area contributed by atoms with Crippen LogP contribution in [0.1, 0.15) is 33.9 Å². The van der Waals surface area contributed by atoms with Crippen LogP contribution in [0.5, 0.6) is 0 Å². The highest BCUT2D eigenvalue weighted by molar-refractivity contribution is 5.41. The van der Waals surface area contributed by atoms with Gasteiger partial charge in [0.1, 0.15) is 11.6 Å². The first-order valence-electron chi connectivity index (χ1n) is 6.64. The molecule has 0 aromatic heterocycles. The van der Waals surface area contributed by atoms with E-state index in [0.29, 0.717) is 5.56 Å². The lowest BCUT2D eigenvalue weighted by Crippen LogP contribution is -2.22. The van der Waals surface area contributed by atoms with Gasteiger partial charge in [0.15, 0.2) is 0 Å². The van der Waals surface area contributed by atoms with Crippen molar-refractivity contribution in [3.8, 4) is 0 Å². The third kappa shape index (κ3) is 2.59. The molecule has 0 radical (unpaired) electrons. The van der Waals surface area contributed by atoms with Gasteiger partial charge in [0.2, 0.25) is 0 Å². The molecule has 2 aromatic carbocycles. The van der Waals surface area contributed by atoms with Gasteiger partial charge >= 0.3 is 0 Å². The predicted octanol–water partition coefficient (Wildman–Crippen LogP) is 4.20. The Morgan fingerprint density at radius 2 is 1.60 bits per heavy atom. The van der Waals surface area contributed by atoms with Crippen LogP contribution in [-0.2, 0) is 0 Å². The van der Waals surface area contributed by atoms with Gasteiger partial charge in [-0.2, -0.15) is 0 Å². The number of halogens is 2. The molecule has 106 valence electrons. The molecule has 0 fully saturated rings. The summed E-state index contributed by atoms with van der Waals surface area (Å²) < 4.78 is 28.4. The molecule has 0 amide bonds. The first-order valence-corrected chi connectivity index (χ1v) is 6.64. The summed E-state index contributed by atoms with van der Waals surface area (Å²) in [6.45, 7) is 5.57. The number of benzene rings is 2. The molecule has 2 rings (SSSR count). The summed E-state index contributed by atoms with van der Waals surface area (Å²) in [7, 11) is 1.72. The Morgan fingerprint density at radius 3 is 2.25 bits per heavy atom. The maximum atomic E-state index is 14.3. The zero-order chi connectivity index (χ0) is 14.9. The zero-order valence-corrected chi connectivity index (χ0v) is 12.2. The summed E-state index contributed by atoms with van der Waals surface area (Å²) in [5.41, 5.74) is 3.51. The van der Waals surface area contributed by atoms with E-state index in [9.17, 15) is 8.78 Å². The van der Waals surface area contributed by atoms with E-state index >= 15 is 0 Å². The van der Waals surface area contributed by atoms with Gasteiger partial charge in [0.05, 0.1) is 6.04 Å². The SMILES string of the molecule is CNC(c1cc(C)ccc1C)c1c(F)ccc(C)c1F. The average molecular weight is 275 g/mol. The molecule has 0 heterocycles. The fraction of sp³-hybridized carbons (Fsp3) is 0.294. The van der Waals surface area contributed by atoms with Crippen molar-refractivity contribution >= 4 is 0 Å². The van der Waals surface area contributed by atoms with Crippen LogP contribution in [0.4, 0.5) is 8.78 Å². The third-order valence-corrected chi connectivity index (χ3v) is 3.64. The highest BCUT2D eigenvalue weighted by atomic mass is 19.1. The second-order valence-corrected chi connectivity index (χ2v) is 5.17. The van der Waals surface area contributed by atoms with E-state index in [-0.39, 0.29) is 5.56 Å². The molecule has 0 aliphatic carbocycles. The molecule has 0 saturated heterocycles. The Bertz CT molecular complexity index is 635. The number of nitrogens with one attached hydrogen (secondary N) is 1. The normalized spacial score (nSPS) is 12.5. The van der Waals surface area contributed by atoms with Crippen molar-refractivity contribution < 1.29 is 8.78 Å². The van der Waals surface area contributed by atoms with Gasteiger partial charge in [-0.15, -0.1) is 0 Å². The standard InChI is InChI=1S/C17H19F2N/c1-10-5-6-11(2)13(9-10)17(20-4)15-14(18)8-7-12(3)16(15)19/h5-9,17,20H,1-4H3. The van der Waals surface area contributed by atoms with E-state index in [4.69, 9.17) is 0 Å². The van der Waals surface area contributed by atoms with Gasteiger partial charge in [-0.1, -0.05) is 29.8 Å². The molecule has 0 aliphatic rings. The van der Waals surface area contributed by atoms with Crippen molar-refractivity contribution in [1.82, 2.24) is 5.32 Å². The highest BCUT2D eigenvalue weighted by Crippen LogP contribution is 2.30. The molecule has 3 heteroatoms. The third-order valence-electron chi connectivity index (χ3n) is 3.64. The lowest BCUT2D eigenvalue weighted by atomic mass is 9.92. The summed E-state index contributed by atoms with van der Waals surface area (Å²) in [6, 6.07) is 8.23. The molecule has 0 spiro atoms. The summed E-state index contributed by atoms with van der Waals surface area (Å²) >= 11 is 0. The number of aryl methyl sites for hydroxylation is 3. The topological polar surface area (TPSA) is 12.0 Å². The Kier molecular flexibility index (Phi) is 4.19. The van der Waals surface area contributed by atoms with Gasteiger partial charge in [-0.05, 0) is 50.6 Å². The lowest BCUT2D eigenvalue weighted by molar-refractivity contribution is 0.517. The number of rotatable bonds is 3. The van der Waals surface area contributed by atoms with Crippen LogP contribution in [0.3, 0.4) is 0 Å². The van der Waals surface area contributed by atoms with Crippen LogP contribution in [0.25, 0.3) is 0 Å². The summed E-state index contributed by atoms with van der Waals surface area (Å²) in [6.07, 6.45) is 0. The van der Waals surface area contributed by atoms with E-state index < -0.39 is 17.7 Å². The van der Waals surface area contributed by atoms with Crippen LogP contribution in [0.2, 0.25) is 0 Å². The number of hydrogen-bond donors (Lipinski definition) is 1. The Balaban J connectivity index is 2.64. The lowest BCUT2D eigenvalue weighted by Gasteiger charge is -2.22. The Morgan fingerprint density at radius 1 is 0.950 bits per heavy atom. The molecule has 1 unspecified atom stereocenters. The molecule has 0 saturated carbocycles. The molecule has 1 atom stereocenters. The molecule has 2 aromatic rings. The van der Waals surface area contributed by atoms with Crippen molar-refractivity contribution in [1.29, 1.82) is 0 Å². The van der Waals surface area contributed by atoms with Crippen LogP contribution in [0, 0.1) is 32.4 Å². The molecule has 0 aliphatic heterocycles. The first-order chi connectivity index (χ1) is 9.45. The average Bonchev–Trinajstić information content (AvgIpc) is 2.42. The second-order valence-electron chi connectivity index (χ2n) is 5.17. The molecular formula is C17H19F2N. The van der Waals surface area contributed by atoms with E-state index in [2.05, 4.69) is 5.32 Å². The fourth-order valence-electron chi connectivity index (χ4n) is 2.47. The molecule has 0 bridgehead atoms. The van der Waals surface area contributed by atoms with E-state index in [0.717, 1.165) is 16.7 Å². The van der Waals surface area contributed by atoms with Crippen LogP contribution < -0.4 is 5.32 Å². The minimum Gasteiger partial charge on any atom is -0.309 e. The van der Waals surface area contributed by atoms with Gasteiger partial charge in [0.25, 0.3) is 0 Å². The second kappa shape index (κ2) is 5.71. The van der Waals surface area contributed by atoms with Crippen LogP contribution >= 0.6 is 0 Å². The van der Waals surface area contributed by atoms with E-state index in [1.165, 1.54) is 12.1 Å². The quantitative estimate of drug-likeness (QED) is 0.885. The fourth-order valence-corrected chi connectivity index (χ4v) is 2.47. The molecule has 20 heavy (non-hydrogen) atoms. The highest BCUT2D eigenvalue weighted by Gasteiger charge is 2.23. The maximum Gasteiger partial charge on any atom is 0.134 e. The Labute approximate surface area is 118 Å². The van der Waals surface area contributed by atoms with Gasteiger partial charge in [-0.25, -0.2) is 8.78 Å². The van der Waals surface area contributed by atoms with Crippen molar-refractivity contribution in [3.63, 3.8) is 0 Å². The van der Waals surface area contributed by atoms with Gasteiger partial charge in [0, 0.05) is 5.56 Å². The monoisotopic (exact) mass is 275 g/mol. The maximum absolute atomic E-state index is 14.3. The largest absolute Gasteiger partial charge is 0.309 e. The van der Waals surface area contributed by atoms with Gasteiger partial charge < -0.3 is 5.32 Å². The van der Waals surface area contributed by atoms with E-state index in [1.807, 2.05) is 32.0 Å². The Hall–Kier alpha value is -1.74. The van der Waals surface area contributed by atoms with Crippen LogP contribution in [-0.4, -0.2) is 7.05 Å². The minimum atomic E-state index is -0.520. The van der Waals surface area contributed by atoms with Crippen LogP contribution in [0.15, 0.2) is 30.3 Å². The van der Waals surface area contributed by atoms with E-state index in [1.54, 1.807) is 14.0 Å². The smallest absolute Gasteiger partial charge is 0.134 e. The first kappa shape index (κ1) is 14.7. The minimum absolute atomic E-state index is 0.0844. The molecular weight excluding hydrogens is 256 g/mol. The van der Waals surface area contributed by atoms with Gasteiger partial charge in [-0.3, -0.25) is 0 Å². The molecule has 1 N–H and O–H groups in total.